The van der Waals surface area contributed by atoms with Crippen LogP contribution in [0.3, 0.4) is 0 Å². The van der Waals surface area contributed by atoms with Crippen LogP contribution >= 0.6 is 0 Å². The number of benzene rings is 1. The van der Waals surface area contributed by atoms with E-state index in [9.17, 15) is 22.8 Å². The molecule has 2 aliphatic rings. The van der Waals surface area contributed by atoms with E-state index in [0.29, 0.717) is 38.0 Å². The maximum absolute atomic E-state index is 13.0. The Labute approximate surface area is 155 Å². The highest BCUT2D eigenvalue weighted by Gasteiger charge is 2.47. The van der Waals surface area contributed by atoms with Gasteiger partial charge in [0.15, 0.2) is 0 Å². The zero-order valence-electron chi connectivity index (χ0n) is 14.7. The fourth-order valence-corrected chi connectivity index (χ4v) is 3.68. The van der Waals surface area contributed by atoms with Gasteiger partial charge in [-0.15, -0.1) is 0 Å². The summed E-state index contributed by atoms with van der Waals surface area (Å²) >= 11 is 0. The highest BCUT2D eigenvalue weighted by molar-refractivity contribution is 5.83. The van der Waals surface area contributed by atoms with Crippen molar-refractivity contribution in [3.05, 3.63) is 35.4 Å². The molecule has 0 radical (unpaired) electrons. The van der Waals surface area contributed by atoms with Crippen LogP contribution in [0.25, 0.3) is 0 Å². The van der Waals surface area contributed by atoms with Crippen molar-refractivity contribution >= 4 is 11.9 Å². The number of alkyl halides is 3. The van der Waals surface area contributed by atoms with Gasteiger partial charge in [0.2, 0.25) is 5.91 Å². The SMILES string of the molecule is O=C(O)CCN(C(=O)C1CC1c1cccc(C(F)(F)F)c1)C1CCOCC1. The third kappa shape index (κ3) is 4.80. The summed E-state index contributed by atoms with van der Waals surface area (Å²) in [5, 5.41) is 8.96. The van der Waals surface area contributed by atoms with E-state index in [1.807, 2.05) is 0 Å². The molecular formula is C19H22F3NO4. The van der Waals surface area contributed by atoms with Crippen LogP contribution in [0.1, 0.15) is 42.7 Å². The quantitative estimate of drug-likeness (QED) is 0.816. The standard InChI is InChI=1S/C19H22F3NO4/c20-19(21,22)13-3-1-2-12(10-13)15-11-16(15)18(26)23(7-4-17(24)25)14-5-8-27-9-6-14/h1-3,10,14-16H,4-9,11H2,(H,24,25). The summed E-state index contributed by atoms with van der Waals surface area (Å²) in [5.41, 5.74) is -0.210. The Morgan fingerprint density at radius 3 is 2.56 bits per heavy atom. The van der Waals surface area contributed by atoms with Crippen molar-refractivity contribution in [3.8, 4) is 0 Å². The first kappa shape index (κ1) is 19.7. The average Bonchev–Trinajstić information content (AvgIpc) is 3.42. The molecule has 1 N–H and O–H groups in total. The first-order valence-corrected chi connectivity index (χ1v) is 9.04. The van der Waals surface area contributed by atoms with E-state index < -0.39 is 17.7 Å². The number of hydrogen-bond donors (Lipinski definition) is 1. The smallest absolute Gasteiger partial charge is 0.416 e. The molecule has 1 aromatic carbocycles. The Hall–Kier alpha value is -2.09. The number of hydrogen-bond acceptors (Lipinski definition) is 3. The second-order valence-corrected chi connectivity index (χ2v) is 7.09. The number of carboxylic acids is 1. The van der Waals surface area contributed by atoms with Gasteiger partial charge in [0.1, 0.15) is 0 Å². The molecule has 2 unspecified atom stereocenters. The summed E-state index contributed by atoms with van der Waals surface area (Å²) in [5.74, 6) is -1.77. The van der Waals surface area contributed by atoms with E-state index in [1.165, 1.54) is 6.07 Å². The van der Waals surface area contributed by atoms with E-state index in [4.69, 9.17) is 9.84 Å². The molecule has 0 aromatic heterocycles. The highest BCUT2D eigenvalue weighted by atomic mass is 19.4. The van der Waals surface area contributed by atoms with Crippen LogP contribution in [0, 0.1) is 5.92 Å². The molecule has 1 saturated carbocycles. The molecule has 0 spiro atoms. The summed E-state index contributed by atoms with van der Waals surface area (Å²) in [6, 6.07) is 5.02. The van der Waals surface area contributed by atoms with Gasteiger partial charge in [-0.2, -0.15) is 13.2 Å². The lowest BCUT2D eigenvalue weighted by Gasteiger charge is -2.34. The van der Waals surface area contributed by atoms with Gasteiger partial charge in [-0.1, -0.05) is 18.2 Å². The number of carbonyl (C=O) groups excluding carboxylic acids is 1. The second kappa shape index (κ2) is 7.88. The minimum absolute atomic E-state index is 0.0756. The van der Waals surface area contributed by atoms with Gasteiger partial charge in [-0.05, 0) is 36.8 Å². The molecule has 27 heavy (non-hydrogen) atoms. The normalized spacial score (nSPS) is 23.1. The van der Waals surface area contributed by atoms with Gasteiger partial charge in [0.25, 0.3) is 0 Å². The molecule has 8 heteroatoms. The van der Waals surface area contributed by atoms with Crippen molar-refractivity contribution < 1.29 is 32.6 Å². The van der Waals surface area contributed by atoms with E-state index >= 15 is 0 Å². The molecule has 148 valence electrons. The lowest BCUT2D eigenvalue weighted by atomic mass is 10.0. The number of amides is 1. The molecule has 3 rings (SSSR count). The summed E-state index contributed by atoms with van der Waals surface area (Å²) in [4.78, 5) is 25.5. The van der Waals surface area contributed by atoms with Crippen LogP contribution in [0.4, 0.5) is 13.2 Å². The number of halogens is 3. The zero-order chi connectivity index (χ0) is 19.6. The number of ether oxygens (including phenoxy) is 1. The molecule has 5 nitrogen and oxygen atoms in total. The zero-order valence-corrected chi connectivity index (χ0v) is 14.7. The second-order valence-electron chi connectivity index (χ2n) is 7.09. The fraction of sp³-hybridized carbons (Fsp3) is 0.579. The fourth-order valence-electron chi connectivity index (χ4n) is 3.68. The van der Waals surface area contributed by atoms with E-state index in [1.54, 1.807) is 11.0 Å². The number of rotatable bonds is 6. The van der Waals surface area contributed by atoms with Crippen LogP contribution in [0.15, 0.2) is 24.3 Å². The molecule has 1 aliphatic carbocycles. The van der Waals surface area contributed by atoms with Crippen molar-refractivity contribution in [1.82, 2.24) is 4.90 Å². The van der Waals surface area contributed by atoms with Crippen LogP contribution in [-0.2, 0) is 20.5 Å². The van der Waals surface area contributed by atoms with Crippen LogP contribution in [-0.4, -0.2) is 47.7 Å². The predicted molar refractivity (Wildman–Crippen MR) is 90.1 cm³/mol. The summed E-state index contributed by atoms with van der Waals surface area (Å²) in [7, 11) is 0. The minimum Gasteiger partial charge on any atom is -0.481 e. The van der Waals surface area contributed by atoms with Gasteiger partial charge in [0, 0.05) is 31.7 Å². The van der Waals surface area contributed by atoms with Gasteiger partial charge in [0.05, 0.1) is 12.0 Å². The van der Waals surface area contributed by atoms with Crippen molar-refractivity contribution in [3.63, 3.8) is 0 Å². The number of carboxylic acid groups (broad SMARTS) is 1. The summed E-state index contributed by atoms with van der Waals surface area (Å²) < 4.78 is 44.0. The summed E-state index contributed by atoms with van der Waals surface area (Å²) in [6.07, 6.45) is -2.78. The lowest BCUT2D eigenvalue weighted by Crippen LogP contribution is -2.45. The van der Waals surface area contributed by atoms with E-state index in [-0.39, 0.29) is 36.8 Å². The molecule has 1 saturated heterocycles. The van der Waals surface area contributed by atoms with E-state index in [0.717, 1.165) is 12.1 Å². The average molecular weight is 385 g/mol. The predicted octanol–water partition coefficient (Wildman–Crippen LogP) is 3.29. The molecule has 1 aromatic rings. The largest absolute Gasteiger partial charge is 0.481 e. The first-order valence-electron chi connectivity index (χ1n) is 9.04. The molecule has 1 heterocycles. The maximum Gasteiger partial charge on any atom is 0.416 e. The van der Waals surface area contributed by atoms with Crippen molar-refractivity contribution in [2.75, 3.05) is 19.8 Å². The lowest BCUT2D eigenvalue weighted by molar-refractivity contribution is -0.141. The Balaban J connectivity index is 1.71. The summed E-state index contributed by atoms with van der Waals surface area (Å²) in [6.45, 7) is 1.15. The van der Waals surface area contributed by atoms with Gasteiger partial charge in [-0.3, -0.25) is 9.59 Å². The Kier molecular flexibility index (Phi) is 5.74. The molecule has 2 atom stereocenters. The maximum atomic E-state index is 13.0. The van der Waals surface area contributed by atoms with Gasteiger partial charge in [-0.25, -0.2) is 0 Å². The third-order valence-electron chi connectivity index (χ3n) is 5.23. The first-order chi connectivity index (χ1) is 12.8. The van der Waals surface area contributed by atoms with Crippen molar-refractivity contribution in [2.45, 2.75) is 43.8 Å². The third-order valence-corrected chi connectivity index (χ3v) is 5.23. The topological polar surface area (TPSA) is 66.8 Å². The molecule has 2 fully saturated rings. The number of nitrogens with zero attached hydrogens (tertiary/aromatic N) is 1. The number of carbonyl (C=O) groups is 2. The molecular weight excluding hydrogens is 363 g/mol. The van der Waals surface area contributed by atoms with Crippen LogP contribution in [0.2, 0.25) is 0 Å². The minimum atomic E-state index is -4.42. The monoisotopic (exact) mass is 385 g/mol. The van der Waals surface area contributed by atoms with Gasteiger partial charge >= 0.3 is 12.1 Å². The van der Waals surface area contributed by atoms with Crippen molar-refractivity contribution in [1.29, 1.82) is 0 Å². The van der Waals surface area contributed by atoms with Gasteiger partial charge < -0.3 is 14.7 Å². The van der Waals surface area contributed by atoms with Crippen LogP contribution in [0.5, 0.6) is 0 Å². The van der Waals surface area contributed by atoms with Crippen molar-refractivity contribution in [2.24, 2.45) is 5.92 Å². The Bertz CT molecular complexity index is 700. The molecule has 0 bridgehead atoms. The van der Waals surface area contributed by atoms with Crippen LogP contribution < -0.4 is 0 Å². The molecule has 1 aliphatic heterocycles. The highest BCUT2D eigenvalue weighted by Crippen LogP contribution is 2.49. The number of aliphatic carboxylic acids is 1. The molecule has 1 amide bonds. The van der Waals surface area contributed by atoms with E-state index in [2.05, 4.69) is 0 Å². The Morgan fingerprint density at radius 1 is 1.22 bits per heavy atom. The Morgan fingerprint density at radius 2 is 1.93 bits per heavy atom.